The third kappa shape index (κ3) is 3.58. The summed E-state index contributed by atoms with van der Waals surface area (Å²) in [6.07, 6.45) is 0. The van der Waals surface area contributed by atoms with Crippen LogP contribution in [0.15, 0.2) is 23.1 Å². The van der Waals surface area contributed by atoms with Gasteiger partial charge in [0.25, 0.3) is 10.0 Å². The second-order valence-electron chi connectivity index (χ2n) is 3.61. The van der Waals surface area contributed by atoms with E-state index in [1.165, 1.54) is 25.3 Å². The molecule has 0 amide bonds. The molecule has 2 aromatic rings. The van der Waals surface area contributed by atoms with Crippen LogP contribution in [0.2, 0.25) is 10.0 Å². The first-order valence-electron chi connectivity index (χ1n) is 5.21. The summed E-state index contributed by atoms with van der Waals surface area (Å²) in [6, 6.07) is 4.18. The van der Waals surface area contributed by atoms with Crippen molar-refractivity contribution in [3.05, 3.63) is 33.3 Å². The number of halogens is 2. The van der Waals surface area contributed by atoms with E-state index < -0.39 is 10.0 Å². The van der Waals surface area contributed by atoms with E-state index in [4.69, 9.17) is 27.9 Å². The molecule has 0 aliphatic rings. The summed E-state index contributed by atoms with van der Waals surface area (Å²) in [7, 11) is -2.36. The fraction of sp³-hybridized carbons (Fsp3) is 0.200. The second kappa shape index (κ2) is 6.23. The van der Waals surface area contributed by atoms with Crippen LogP contribution in [0.1, 0.15) is 5.01 Å². The number of methoxy groups -OCH3 is 1. The SMILES string of the molecule is COCc1nnc(NS(=O)(=O)c2cc(Cl)ccc2Cl)s1. The molecular weight excluding hydrogens is 345 g/mol. The zero-order valence-electron chi connectivity index (χ0n) is 10.1. The van der Waals surface area contributed by atoms with Gasteiger partial charge in [-0.1, -0.05) is 34.5 Å². The maximum absolute atomic E-state index is 12.2. The van der Waals surface area contributed by atoms with Crippen LogP contribution in [0.25, 0.3) is 0 Å². The van der Waals surface area contributed by atoms with Crippen LogP contribution in [0.3, 0.4) is 0 Å². The molecule has 108 valence electrons. The minimum Gasteiger partial charge on any atom is -0.377 e. The quantitative estimate of drug-likeness (QED) is 0.893. The molecule has 0 saturated carbocycles. The highest BCUT2D eigenvalue weighted by molar-refractivity contribution is 7.93. The molecule has 0 bridgehead atoms. The molecule has 0 atom stereocenters. The first-order chi connectivity index (χ1) is 9.42. The number of anilines is 1. The van der Waals surface area contributed by atoms with Gasteiger partial charge in [-0.3, -0.25) is 4.72 Å². The van der Waals surface area contributed by atoms with Gasteiger partial charge in [-0.25, -0.2) is 8.42 Å². The molecular formula is C10H9Cl2N3O3S2. The standard InChI is InChI=1S/C10H9Cl2N3O3S2/c1-18-5-9-13-14-10(19-9)15-20(16,17)8-4-6(11)2-3-7(8)12/h2-4H,5H2,1H3,(H,14,15). The summed E-state index contributed by atoms with van der Waals surface area (Å²) in [5, 5.41) is 8.53. The fourth-order valence-corrected chi connectivity index (χ4v) is 4.04. The highest BCUT2D eigenvalue weighted by Gasteiger charge is 2.20. The number of hydrogen-bond acceptors (Lipinski definition) is 6. The number of aromatic nitrogens is 2. The van der Waals surface area contributed by atoms with Crippen molar-refractivity contribution < 1.29 is 13.2 Å². The van der Waals surface area contributed by atoms with Gasteiger partial charge in [0.1, 0.15) is 16.5 Å². The lowest BCUT2D eigenvalue weighted by molar-refractivity contribution is 0.184. The minimum absolute atomic E-state index is 0.0727. The molecule has 0 saturated heterocycles. The Bertz CT molecular complexity index is 718. The Balaban J connectivity index is 2.28. The smallest absolute Gasteiger partial charge is 0.265 e. The number of sulfonamides is 1. The van der Waals surface area contributed by atoms with E-state index in [0.717, 1.165) is 11.3 Å². The Morgan fingerprint density at radius 1 is 1.35 bits per heavy atom. The largest absolute Gasteiger partial charge is 0.377 e. The summed E-state index contributed by atoms with van der Waals surface area (Å²) < 4.78 is 31.6. The van der Waals surface area contributed by atoms with Gasteiger partial charge in [-0.15, -0.1) is 10.2 Å². The number of benzene rings is 1. The zero-order chi connectivity index (χ0) is 14.8. The number of rotatable bonds is 5. The normalized spacial score (nSPS) is 11.6. The third-order valence-electron chi connectivity index (χ3n) is 2.14. The zero-order valence-corrected chi connectivity index (χ0v) is 13.3. The van der Waals surface area contributed by atoms with Crippen LogP contribution in [0.4, 0.5) is 5.13 Å². The van der Waals surface area contributed by atoms with Crippen molar-refractivity contribution in [2.75, 3.05) is 11.8 Å². The van der Waals surface area contributed by atoms with E-state index >= 15 is 0 Å². The monoisotopic (exact) mass is 353 g/mol. The first kappa shape index (κ1) is 15.5. The highest BCUT2D eigenvalue weighted by Crippen LogP contribution is 2.27. The molecule has 10 heteroatoms. The van der Waals surface area contributed by atoms with E-state index in [1.54, 1.807) is 0 Å². The van der Waals surface area contributed by atoms with Gasteiger partial charge >= 0.3 is 0 Å². The van der Waals surface area contributed by atoms with Gasteiger partial charge in [0, 0.05) is 12.1 Å². The Morgan fingerprint density at radius 2 is 2.10 bits per heavy atom. The van der Waals surface area contributed by atoms with Gasteiger partial charge in [-0.2, -0.15) is 0 Å². The molecule has 6 nitrogen and oxygen atoms in total. The third-order valence-corrected chi connectivity index (χ3v) is 5.14. The van der Waals surface area contributed by atoms with Gasteiger partial charge in [-0.05, 0) is 18.2 Å². The molecule has 0 radical (unpaired) electrons. The van der Waals surface area contributed by atoms with Crippen LogP contribution in [0.5, 0.6) is 0 Å². The predicted molar refractivity (Wildman–Crippen MR) is 77.9 cm³/mol. The van der Waals surface area contributed by atoms with Gasteiger partial charge < -0.3 is 4.74 Å². The minimum atomic E-state index is -3.87. The number of hydrogen-bond donors (Lipinski definition) is 1. The Kier molecular flexibility index (Phi) is 4.82. The molecule has 1 N–H and O–H groups in total. The molecule has 0 unspecified atom stereocenters. The topological polar surface area (TPSA) is 81.2 Å². The summed E-state index contributed by atoms with van der Waals surface area (Å²) in [5.41, 5.74) is 0. The lowest BCUT2D eigenvalue weighted by atomic mass is 10.4. The molecule has 1 aromatic carbocycles. The molecule has 1 aromatic heterocycles. The lowest BCUT2D eigenvalue weighted by Crippen LogP contribution is -2.13. The maximum atomic E-state index is 12.2. The van der Waals surface area contributed by atoms with E-state index in [2.05, 4.69) is 14.9 Å². The average molecular weight is 354 g/mol. The van der Waals surface area contributed by atoms with E-state index in [1.807, 2.05) is 0 Å². The van der Waals surface area contributed by atoms with Crippen molar-refractivity contribution in [1.29, 1.82) is 0 Å². The van der Waals surface area contributed by atoms with Crippen LogP contribution in [-0.4, -0.2) is 25.7 Å². The van der Waals surface area contributed by atoms with Gasteiger partial charge in [0.05, 0.1) is 5.02 Å². The summed E-state index contributed by atoms with van der Waals surface area (Å²) in [5.74, 6) is 0. The number of nitrogens with zero attached hydrogens (tertiary/aromatic N) is 2. The van der Waals surface area contributed by atoms with Crippen molar-refractivity contribution in [1.82, 2.24) is 10.2 Å². The highest BCUT2D eigenvalue weighted by atomic mass is 35.5. The molecule has 2 rings (SSSR count). The fourth-order valence-electron chi connectivity index (χ4n) is 1.33. The van der Waals surface area contributed by atoms with Gasteiger partial charge in [0.15, 0.2) is 0 Å². The Morgan fingerprint density at radius 3 is 2.80 bits per heavy atom. The van der Waals surface area contributed by atoms with Crippen LogP contribution >= 0.6 is 34.5 Å². The first-order valence-corrected chi connectivity index (χ1v) is 8.27. The molecule has 0 aliphatic heterocycles. The predicted octanol–water partition coefficient (Wildman–Crippen LogP) is 2.79. The van der Waals surface area contributed by atoms with Gasteiger partial charge in [0.2, 0.25) is 5.13 Å². The van der Waals surface area contributed by atoms with E-state index in [-0.39, 0.29) is 26.7 Å². The second-order valence-corrected chi connectivity index (χ2v) is 7.17. The van der Waals surface area contributed by atoms with Crippen LogP contribution in [-0.2, 0) is 21.4 Å². The van der Waals surface area contributed by atoms with Crippen molar-refractivity contribution in [2.24, 2.45) is 0 Å². The Hall–Kier alpha value is -0.930. The van der Waals surface area contributed by atoms with Crippen molar-refractivity contribution in [2.45, 2.75) is 11.5 Å². The van der Waals surface area contributed by atoms with E-state index in [9.17, 15) is 8.42 Å². The summed E-state index contributed by atoms with van der Waals surface area (Å²) in [4.78, 5) is -0.116. The number of nitrogens with one attached hydrogen (secondary N) is 1. The maximum Gasteiger partial charge on any atom is 0.265 e. The Labute approximate surface area is 129 Å². The molecule has 0 spiro atoms. The summed E-state index contributed by atoms with van der Waals surface area (Å²) >= 11 is 12.7. The molecule has 0 aliphatic carbocycles. The van der Waals surface area contributed by atoms with Crippen molar-refractivity contribution in [3.63, 3.8) is 0 Å². The average Bonchev–Trinajstić information content (AvgIpc) is 2.79. The van der Waals surface area contributed by atoms with Crippen molar-refractivity contribution >= 4 is 49.7 Å². The molecule has 0 fully saturated rings. The van der Waals surface area contributed by atoms with Crippen molar-refractivity contribution in [3.8, 4) is 0 Å². The molecule has 1 heterocycles. The number of ether oxygens (including phenoxy) is 1. The summed E-state index contributed by atoms with van der Waals surface area (Å²) in [6.45, 7) is 0.261. The van der Waals surface area contributed by atoms with Crippen LogP contribution < -0.4 is 4.72 Å². The van der Waals surface area contributed by atoms with Crippen LogP contribution in [0, 0.1) is 0 Å². The van der Waals surface area contributed by atoms with E-state index in [0.29, 0.717) is 5.01 Å². The molecule has 20 heavy (non-hydrogen) atoms. The lowest BCUT2D eigenvalue weighted by Gasteiger charge is -2.06.